The summed E-state index contributed by atoms with van der Waals surface area (Å²) in [6.45, 7) is 4.31. The molecule has 1 fully saturated rings. The molecule has 0 bridgehead atoms. The predicted octanol–water partition coefficient (Wildman–Crippen LogP) is 4.14. The molecule has 3 rings (SSSR count). The first-order valence-corrected chi connectivity index (χ1v) is 10.8. The van der Waals surface area contributed by atoms with E-state index in [4.69, 9.17) is 11.6 Å². The maximum atomic E-state index is 13.1. The van der Waals surface area contributed by atoms with Gasteiger partial charge < -0.3 is 5.32 Å². The minimum atomic E-state index is -3.77. The van der Waals surface area contributed by atoms with Crippen LogP contribution in [-0.4, -0.2) is 31.2 Å². The molecule has 1 saturated heterocycles. The van der Waals surface area contributed by atoms with Gasteiger partial charge in [0.2, 0.25) is 15.9 Å². The van der Waals surface area contributed by atoms with Gasteiger partial charge in [0.25, 0.3) is 0 Å². The molecular formula is C20H23ClN2O3S. The Labute approximate surface area is 165 Å². The molecule has 1 unspecified atom stereocenters. The van der Waals surface area contributed by atoms with Gasteiger partial charge in [0, 0.05) is 17.3 Å². The Kier molecular flexibility index (Phi) is 5.89. The molecule has 0 spiro atoms. The number of sulfonamides is 1. The third-order valence-electron chi connectivity index (χ3n) is 4.95. The summed E-state index contributed by atoms with van der Waals surface area (Å²) in [5.41, 5.74) is 2.89. The van der Waals surface area contributed by atoms with Gasteiger partial charge in [-0.2, -0.15) is 4.31 Å². The second-order valence-electron chi connectivity index (χ2n) is 6.87. The highest BCUT2D eigenvalue weighted by Crippen LogP contribution is 2.27. The number of carbonyl (C=O) groups excluding carboxylic acids is 1. The van der Waals surface area contributed by atoms with Gasteiger partial charge in [-0.25, -0.2) is 8.42 Å². The Morgan fingerprint density at radius 3 is 2.44 bits per heavy atom. The number of piperidine rings is 1. The molecule has 0 saturated carbocycles. The summed E-state index contributed by atoms with van der Waals surface area (Å²) < 4.78 is 27.5. The van der Waals surface area contributed by atoms with Crippen LogP contribution >= 0.6 is 11.6 Å². The third-order valence-corrected chi connectivity index (χ3v) is 7.13. The molecular weight excluding hydrogens is 384 g/mol. The van der Waals surface area contributed by atoms with Gasteiger partial charge in [0.15, 0.2) is 0 Å². The van der Waals surface area contributed by atoms with Crippen LogP contribution in [0.25, 0.3) is 0 Å². The van der Waals surface area contributed by atoms with Gasteiger partial charge in [0.1, 0.15) is 6.04 Å². The highest BCUT2D eigenvalue weighted by molar-refractivity contribution is 7.89. The molecule has 1 heterocycles. The molecule has 144 valence electrons. The normalized spacial score (nSPS) is 18.3. The van der Waals surface area contributed by atoms with E-state index < -0.39 is 16.1 Å². The predicted molar refractivity (Wildman–Crippen MR) is 108 cm³/mol. The van der Waals surface area contributed by atoms with E-state index in [-0.39, 0.29) is 10.8 Å². The maximum Gasteiger partial charge on any atom is 0.243 e. The fourth-order valence-corrected chi connectivity index (χ4v) is 5.02. The molecule has 1 amide bonds. The van der Waals surface area contributed by atoms with Crippen molar-refractivity contribution in [3.63, 3.8) is 0 Å². The summed E-state index contributed by atoms with van der Waals surface area (Å²) in [5, 5.41) is 3.35. The topological polar surface area (TPSA) is 66.5 Å². The fraction of sp³-hybridized carbons (Fsp3) is 0.350. The number of nitrogens with one attached hydrogen (secondary N) is 1. The third kappa shape index (κ3) is 4.34. The van der Waals surface area contributed by atoms with Crippen molar-refractivity contribution in [3.05, 3.63) is 58.6 Å². The molecule has 0 radical (unpaired) electrons. The highest BCUT2D eigenvalue weighted by atomic mass is 35.5. The number of benzene rings is 2. The first kappa shape index (κ1) is 19.9. The Balaban J connectivity index is 1.85. The van der Waals surface area contributed by atoms with Crippen LogP contribution in [0.4, 0.5) is 5.69 Å². The van der Waals surface area contributed by atoms with E-state index in [9.17, 15) is 13.2 Å². The summed E-state index contributed by atoms with van der Waals surface area (Å²) in [5.74, 6) is -0.296. The second kappa shape index (κ2) is 8.00. The van der Waals surface area contributed by atoms with Crippen molar-refractivity contribution in [3.8, 4) is 0 Å². The SMILES string of the molecule is Cc1ccc(NC(=O)C2CCCCN2S(=O)(=O)c2ccc(Cl)cc2)cc1C. The number of nitrogens with zero attached hydrogens (tertiary/aromatic N) is 1. The van der Waals surface area contributed by atoms with Crippen molar-refractivity contribution in [2.45, 2.75) is 44.0 Å². The summed E-state index contributed by atoms with van der Waals surface area (Å²) in [7, 11) is -3.77. The average molecular weight is 407 g/mol. The van der Waals surface area contributed by atoms with Gasteiger partial charge in [-0.1, -0.05) is 24.1 Å². The van der Waals surface area contributed by atoms with E-state index in [0.29, 0.717) is 23.7 Å². The number of anilines is 1. The number of hydrogen-bond acceptors (Lipinski definition) is 3. The zero-order chi connectivity index (χ0) is 19.6. The molecule has 1 N–H and O–H groups in total. The average Bonchev–Trinajstić information content (AvgIpc) is 2.65. The molecule has 1 atom stereocenters. The summed E-state index contributed by atoms with van der Waals surface area (Å²) >= 11 is 5.87. The molecule has 1 aliphatic heterocycles. The van der Waals surface area contributed by atoms with Crippen molar-refractivity contribution in [1.82, 2.24) is 4.31 Å². The number of hydrogen-bond donors (Lipinski definition) is 1. The van der Waals surface area contributed by atoms with E-state index in [1.54, 1.807) is 12.1 Å². The molecule has 27 heavy (non-hydrogen) atoms. The van der Waals surface area contributed by atoms with E-state index in [0.717, 1.165) is 24.0 Å². The molecule has 0 aromatic heterocycles. The van der Waals surface area contributed by atoms with Crippen LogP contribution in [0.2, 0.25) is 5.02 Å². The first-order chi connectivity index (χ1) is 12.8. The van der Waals surface area contributed by atoms with E-state index in [1.165, 1.54) is 16.4 Å². The highest BCUT2D eigenvalue weighted by Gasteiger charge is 2.37. The van der Waals surface area contributed by atoms with Crippen LogP contribution < -0.4 is 5.32 Å². The Morgan fingerprint density at radius 1 is 1.07 bits per heavy atom. The van der Waals surface area contributed by atoms with Crippen LogP contribution in [0, 0.1) is 13.8 Å². The van der Waals surface area contributed by atoms with Gasteiger partial charge in [0.05, 0.1) is 4.90 Å². The molecule has 2 aromatic carbocycles. The number of rotatable bonds is 4. The molecule has 5 nitrogen and oxygen atoms in total. The number of amides is 1. The summed E-state index contributed by atoms with van der Waals surface area (Å²) in [6.07, 6.45) is 2.06. The van der Waals surface area contributed by atoms with Crippen LogP contribution in [0.15, 0.2) is 47.4 Å². The number of carbonyl (C=O) groups is 1. The maximum absolute atomic E-state index is 13.1. The number of aryl methyl sites for hydroxylation is 2. The minimum Gasteiger partial charge on any atom is -0.325 e. The lowest BCUT2D eigenvalue weighted by atomic mass is 10.0. The van der Waals surface area contributed by atoms with Gasteiger partial charge in [-0.05, 0) is 74.2 Å². The zero-order valence-corrected chi connectivity index (χ0v) is 17.0. The summed E-state index contributed by atoms with van der Waals surface area (Å²) in [4.78, 5) is 13.0. The lowest BCUT2D eigenvalue weighted by molar-refractivity contribution is -0.120. The quantitative estimate of drug-likeness (QED) is 0.829. The van der Waals surface area contributed by atoms with E-state index >= 15 is 0 Å². The van der Waals surface area contributed by atoms with Gasteiger partial charge >= 0.3 is 0 Å². The molecule has 0 aliphatic carbocycles. The van der Waals surface area contributed by atoms with Gasteiger partial charge in [-0.15, -0.1) is 0 Å². The van der Waals surface area contributed by atoms with Crippen LogP contribution in [0.1, 0.15) is 30.4 Å². The van der Waals surface area contributed by atoms with Crippen molar-refractivity contribution < 1.29 is 13.2 Å². The lowest BCUT2D eigenvalue weighted by Gasteiger charge is -2.33. The van der Waals surface area contributed by atoms with Crippen molar-refractivity contribution >= 4 is 33.2 Å². The molecule has 2 aromatic rings. The monoisotopic (exact) mass is 406 g/mol. The zero-order valence-electron chi connectivity index (χ0n) is 15.4. The van der Waals surface area contributed by atoms with Crippen molar-refractivity contribution in [2.75, 3.05) is 11.9 Å². The van der Waals surface area contributed by atoms with Gasteiger partial charge in [-0.3, -0.25) is 4.79 Å². The van der Waals surface area contributed by atoms with Crippen LogP contribution in [-0.2, 0) is 14.8 Å². The Bertz CT molecular complexity index is 942. The lowest BCUT2D eigenvalue weighted by Crippen LogP contribution is -2.49. The van der Waals surface area contributed by atoms with Crippen molar-refractivity contribution in [1.29, 1.82) is 0 Å². The van der Waals surface area contributed by atoms with E-state index in [1.807, 2.05) is 32.0 Å². The fourth-order valence-electron chi connectivity index (χ4n) is 3.24. The second-order valence-corrected chi connectivity index (χ2v) is 9.20. The smallest absolute Gasteiger partial charge is 0.243 e. The Hall–Kier alpha value is -1.89. The van der Waals surface area contributed by atoms with E-state index in [2.05, 4.69) is 5.32 Å². The standard InChI is InChI=1S/C20H23ClN2O3S/c1-14-6-9-17(13-15(14)2)22-20(24)19-5-3-4-12-23(19)27(25,26)18-10-7-16(21)8-11-18/h6-11,13,19H,3-5,12H2,1-2H3,(H,22,24). The van der Waals surface area contributed by atoms with Crippen molar-refractivity contribution in [2.24, 2.45) is 0 Å². The number of halogens is 1. The minimum absolute atomic E-state index is 0.151. The first-order valence-electron chi connectivity index (χ1n) is 8.94. The summed E-state index contributed by atoms with van der Waals surface area (Å²) in [6, 6.07) is 11.0. The molecule has 7 heteroatoms. The molecule has 1 aliphatic rings. The van der Waals surface area contributed by atoms with Crippen LogP contribution in [0.3, 0.4) is 0 Å². The largest absolute Gasteiger partial charge is 0.325 e. The Morgan fingerprint density at radius 2 is 1.78 bits per heavy atom. The van der Waals surface area contributed by atoms with Crippen LogP contribution in [0.5, 0.6) is 0 Å².